The molecule has 0 aliphatic heterocycles. The van der Waals surface area contributed by atoms with Crippen LogP contribution in [0.1, 0.15) is 21.0 Å². The van der Waals surface area contributed by atoms with Crippen LogP contribution in [0.4, 0.5) is 0 Å². The molecule has 0 saturated heterocycles. The number of hydrogen-bond donors (Lipinski definition) is 1. The molecule has 0 fully saturated rings. The van der Waals surface area contributed by atoms with E-state index in [1.807, 2.05) is 31.2 Å². The summed E-state index contributed by atoms with van der Waals surface area (Å²) in [6.07, 6.45) is 1.62. The number of aromatic nitrogens is 1. The summed E-state index contributed by atoms with van der Waals surface area (Å²) in [5.74, 6) is 0.668. The van der Waals surface area contributed by atoms with Crippen LogP contribution in [0, 0.1) is 6.92 Å². The lowest BCUT2D eigenvalue weighted by Gasteiger charge is -2.01. The van der Waals surface area contributed by atoms with Gasteiger partial charge in [0.2, 0.25) is 0 Å². The molecule has 4 nitrogen and oxygen atoms in total. The molecule has 0 bridgehead atoms. The van der Waals surface area contributed by atoms with Crippen molar-refractivity contribution in [3.63, 3.8) is 0 Å². The van der Waals surface area contributed by atoms with Crippen molar-refractivity contribution < 1.29 is 9.21 Å². The number of hydrogen-bond acceptors (Lipinski definition) is 4. The Morgan fingerprint density at radius 1 is 1.37 bits per heavy atom. The van der Waals surface area contributed by atoms with E-state index < -0.39 is 0 Å². The summed E-state index contributed by atoms with van der Waals surface area (Å²) in [6, 6.07) is 9.56. The molecule has 2 aromatic heterocycles. The predicted molar refractivity (Wildman–Crippen MR) is 74.2 cm³/mol. The van der Waals surface area contributed by atoms with Gasteiger partial charge in [-0.1, -0.05) is 18.2 Å². The maximum Gasteiger partial charge on any atom is 0.263 e. The van der Waals surface area contributed by atoms with Crippen molar-refractivity contribution in [2.24, 2.45) is 0 Å². The van der Waals surface area contributed by atoms with Crippen molar-refractivity contribution in [1.82, 2.24) is 9.69 Å². The topological polar surface area (TPSA) is 55.1 Å². The molecular weight excluding hydrogens is 260 g/mol. The third-order valence-electron chi connectivity index (χ3n) is 3.01. The fraction of sp³-hybridized carbons (Fsp3) is 0.143. The van der Waals surface area contributed by atoms with E-state index in [0.29, 0.717) is 11.4 Å². The van der Waals surface area contributed by atoms with E-state index in [4.69, 9.17) is 4.42 Å². The fourth-order valence-corrected chi connectivity index (χ4v) is 2.49. The summed E-state index contributed by atoms with van der Waals surface area (Å²) >= 11 is 1.18. The molecule has 1 aromatic carbocycles. The number of aryl methyl sites for hydroxylation is 1. The summed E-state index contributed by atoms with van der Waals surface area (Å²) in [6.45, 7) is 2.39. The quantitative estimate of drug-likeness (QED) is 0.797. The minimum Gasteiger partial charge on any atom is -0.459 e. The Bertz CT molecular complexity index is 716. The van der Waals surface area contributed by atoms with Crippen LogP contribution in [0.3, 0.4) is 0 Å². The molecule has 0 saturated carbocycles. The Labute approximate surface area is 114 Å². The van der Waals surface area contributed by atoms with Crippen molar-refractivity contribution in [3.8, 4) is 0 Å². The molecule has 0 radical (unpaired) electrons. The van der Waals surface area contributed by atoms with Gasteiger partial charge in [-0.3, -0.25) is 4.79 Å². The molecular formula is C14H12N2O2S. The number of nitrogens with one attached hydrogen (secondary N) is 1. The summed E-state index contributed by atoms with van der Waals surface area (Å²) < 4.78 is 9.65. The third-order valence-corrected chi connectivity index (χ3v) is 3.76. The molecule has 1 N–H and O–H groups in total. The largest absolute Gasteiger partial charge is 0.459 e. The minimum atomic E-state index is -0.123. The Balaban J connectivity index is 1.79. The maximum atomic E-state index is 11.8. The highest BCUT2D eigenvalue weighted by Crippen LogP contribution is 2.24. The number of carbonyl (C=O) groups excluding carboxylic acids is 1. The molecule has 0 spiro atoms. The number of nitrogens with zero attached hydrogens (tertiary/aromatic N) is 1. The second-order valence-electron chi connectivity index (χ2n) is 4.21. The number of amides is 1. The zero-order valence-corrected chi connectivity index (χ0v) is 11.2. The highest BCUT2D eigenvalue weighted by molar-refractivity contribution is 7.08. The van der Waals surface area contributed by atoms with Gasteiger partial charge in [0.15, 0.2) is 0 Å². The van der Waals surface area contributed by atoms with Gasteiger partial charge in [0.1, 0.15) is 16.2 Å². The molecule has 96 valence electrons. The molecule has 2 heterocycles. The second kappa shape index (κ2) is 4.85. The van der Waals surface area contributed by atoms with E-state index in [1.165, 1.54) is 11.5 Å². The van der Waals surface area contributed by atoms with E-state index in [9.17, 15) is 4.79 Å². The standard InChI is InChI=1S/C14H12N2O2S/c1-9-10-4-2-3-5-11(10)18-12(9)8-15-14(17)13-6-7-16-19-13/h2-7H,8H2,1H3,(H,15,17). The van der Waals surface area contributed by atoms with Crippen LogP contribution in [0.5, 0.6) is 0 Å². The van der Waals surface area contributed by atoms with Gasteiger partial charge in [-0.15, -0.1) is 0 Å². The van der Waals surface area contributed by atoms with Crippen molar-refractivity contribution in [2.75, 3.05) is 0 Å². The summed E-state index contributed by atoms with van der Waals surface area (Å²) in [5.41, 5.74) is 1.92. The number of furan rings is 1. The van der Waals surface area contributed by atoms with Gasteiger partial charge in [0, 0.05) is 17.1 Å². The monoisotopic (exact) mass is 272 g/mol. The average molecular weight is 272 g/mol. The van der Waals surface area contributed by atoms with Crippen LogP contribution >= 0.6 is 11.5 Å². The first-order chi connectivity index (χ1) is 9.25. The van der Waals surface area contributed by atoms with Gasteiger partial charge in [-0.2, -0.15) is 0 Å². The van der Waals surface area contributed by atoms with Crippen LogP contribution in [-0.4, -0.2) is 10.3 Å². The van der Waals surface area contributed by atoms with Crippen molar-refractivity contribution in [1.29, 1.82) is 0 Å². The van der Waals surface area contributed by atoms with E-state index in [1.54, 1.807) is 12.3 Å². The SMILES string of the molecule is Cc1c(CNC(=O)c2ccns2)oc2ccccc12. The lowest BCUT2D eigenvalue weighted by Crippen LogP contribution is -2.21. The molecule has 3 aromatic rings. The molecule has 1 amide bonds. The van der Waals surface area contributed by atoms with Crippen LogP contribution in [-0.2, 0) is 6.54 Å². The van der Waals surface area contributed by atoms with E-state index >= 15 is 0 Å². The minimum absolute atomic E-state index is 0.123. The van der Waals surface area contributed by atoms with Crippen molar-refractivity contribution in [3.05, 3.63) is 52.7 Å². The van der Waals surface area contributed by atoms with Crippen LogP contribution in [0.15, 0.2) is 40.9 Å². The van der Waals surface area contributed by atoms with Gasteiger partial charge < -0.3 is 9.73 Å². The Morgan fingerprint density at radius 2 is 2.21 bits per heavy atom. The Morgan fingerprint density at radius 3 is 2.95 bits per heavy atom. The summed E-state index contributed by atoms with van der Waals surface area (Å²) in [4.78, 5) is 12.4. The van der Waals surface area contributed by atoms with Crippen LogP contribution in [0.2, 0.25) is 0 Å². The molecule has 5 heteroatoms. The number of rotatable bonds is 3. The molecule has 3 rings (SSSR count). The van der Waals surface area contributed by atoms with Gasteiger partial charge in [0.25, 0.3) is 5.91 Å². The highest BCUT2D eigenvalue weighted by atomic mass is 32.1. The van der Waals surface area contributed by atoms with Gasteiger partial charge in [0.05, 0.1) is 6.54 Å². The lowest BCUT2D eigenvalue weighted by molar-refractivity contribution is 0.0952. The van der Waals surface area contributed by atoms with Gasteiger partial charge in [-0.05, 0) is 30.6 Å². The van der Waals surface area contributed by atoms with Crippen molar-refractivity contribution in [2.45, 2.75) is 13.5 Å². The average Bonchev–Trinajstić information content (AvgIpc) is 3.05. The molecule has 19 heavy (non-hydrogen) atoms. The zero-order chi connectivity index (χ0) is 13.2. The first kappa shape index (κ1) is 11.9. The van der Waals surface area contributed by atoms with E-state index in [0.717, 1.165) is 22.3 Å². The number of carbonyl (C=O) groups is 1. The van der Waals surface area contributed by atoms with E-state index in [2.05, 4.69) is 9.69 Å². The van der Waals surface area contributed by atoms with Gasteiger partial charge in [-0.25, -0.2) is 4.37 Å². The van der Waals surface area contributed by atoms with Gasteiger partial charge >= 0.3 is 0 Å². The van der Waals surface area contributed by atoms with Crippen molar-refractivity contribution >= 4 is 28.4 Å². The van der Waals surface area contributed by atoms with Crippen LogP contribution in [0.25, 0.3) is 11.0 Å². The number of benzene rings is 1. The predicted octanol–water partition coefficient (Wildman–Crippen LogP) is 3.13. The number of fused-ring (bicyclic) bond motifs is 1. The number of para-hydroxylation sites is 1. The first-order valence-corrected chi connectivity index (χ1v) is 6.69. The lowest BCUT2D eigenvalue weighted by atomic mass is 10.1. The molecule has 0 aliphatic rings. The summed E-state index contributed by atoms with van der Waals surface area (Å²) in [5, 5.41) is 3.93. The van der Waals surface area contributed by atoms with Crippen LogP contribution < -0.4 is 5.32 Å². The maximum absolute atomic E-state index is 11.8. The Hall–Kier alpha value is -2.14. The molecule has 0 aliphatic carbocycles. The smallest absolute Gasteiger partial charge is 0.263 e. The van der Waals surface area contributed by atoms with E-state index in [-0.39, 0.29) is 5.91 Å². The Kier molecular flexibility index (Phi) is 3.05. The summed E-state index contributed by atoms with van der Waals surface area (Å²) in [7, 11) is 0. The third kappa shape index (κ3) is 2.24. The normalized spacial score (nSPS) is 10.8. The highest BCUT2D eigenvalue weighted by Gasteiger charge is 2.12. The fourth-order valence-electron chi connectivity index (χ4n) is 1.97. The molecule has 0 atom stereocenters. The molecule has 0 unspecified atom stereocenters. The first-order valence-electron chi connectivity index (χ1n) is 5.91. The zero-order valence-electron chi connectivity index (χ0n) is 10.3. The second-order valence-corrected chi connectivity index (χ2v) is 5.04.